The van der Waals surface area contributed by atoms with Crippen LogP contribution < -0.4 is 15.2 Å². The average molecular weight is 195 g/mol. The van der Waals surface area contributed by atoms with Gasteiger partial charge in [-0.2, -0.15) is 0 Å². The van der Waals surface area contributed by atoms with Crippen LogP contribution in [0.4, 0.5) is 5.69 Å². The van der Waals surface area contributed by atoms with Crippen molar-refractivity contribution < 1.29 is 9.47 Å². The quantitative estimate of drug-likeness (QED) is 0.734. The summed E-state index contributed by atoms with van der Waals surface area (Å²) in [7, 11) is 0. The van der Waals surface area contributed by atoms with Crippen molar-refractivity contribution in [2.24, 2.45) is 0 Å². The third kappa shape index (κ3) is 3.17. The minimum Gasteiger partial charge on any atom is -0.494 e. The molecule has 0 saturated carbocycles. The lowest BCUT2D eigenvalue weighted by Gasteiger charge is -2.08. The lowest BCUT2D eigenvalue weighted by atomic mass is 10.3. The van der Waals surface area contributed by atoms with Crippen LogP contribution >= 0.6 is 0 Å². The Bertz CT molecular complexity index is 287. The van der Waals surface area contributed by atoms with Gasteiger partial charge >= 0.3 is 0 Å². The molecule has 0 heterocycles. The number of hydrogen-bond acceptors (Lipinski definition) is 3. The highest BCUT2D eigenvalue weighted by molar-refractivity contribution is 5.50. The van der Waals surface area contributed by atoms with E-state index in [2.05, 4.69) is 6.92 Å². The fourth-order valence-electron chi connectivity index (χ4n) is 1.15. The number of rotatable bonds is 5. The van der Waals surface area contributed by atoms with Crippen LogP contribution in [0.1, 0.15) is 20.3 Å². The molecule has 0 spiro atoms. The molecular weight excluding hydrogens is 178 g/mol. The molecule has 0 bridgehead atoms. The maximum Gasteiger partial charge on any atom is 0.125 e. The molecular formula is C11H17NO2. The lowest BCUT2D eigenvalue weighted by Crippen LogP contribution is -1.98. The molecule has 0 aliphatic carbocycles. The molecule has 0 aliphatic rings. The number of nitrogen functional groups attached to an aromatic ring is 1. The summed E-state index contributed by atoms with van der Waals surface area (Å²) < 4.78 is 10.8. The predicted molar refractivity (Wildman–Crippen MR) is 57.8 cm³/mol. The van der Waals surface area contributed by atoms with Crippen LogP contribution in [-0.4, -0.2) is 13.2 Å². The van der Waals surface area contributed by atoms with E-state index in [1.807, 2.05) is 13.0 Å². The third-order valence-electron chi connectivity index (χ3n) is 1.69. The molecule has 0 fully saturated rings. The number of benzene rings is 1. The fourth-order valence-corrected chi connectivity index (χ4v) is 1.15. The van der Waals surface area contributed by atoms with Gasteiger partial charge < -0.3 is 15.2 Å². The van der Waals surface area contributed by atoms with Gasteiger partial charge in [-0.1, -0.05) is 6.92 Å². The van der Waals surface area contributed by atoms with Crippen LogP contribution in [-0.2, 0) is 0 Å². The van der Waals surface area contributed by atoms with Gasteiger partial charge in [0.1, 0.15) is 11.5 Å². The third-order valence-corrected chi connectivity index (χ3v) is 1.69. The molecule has 0 unspecified atom stereocenters. The summed E-state index contributed by atoms with van der Waals surface area (Å²) >= 11 is 0. The van der Waals surface area contributed by atoms with Crippen molar-refractivity contribution in [2.45, 2.75) is 20.3 Å². The molecule has 78 valence electrons. The number of ether oxygens (including phenoxy) is 2. The standard InChI is InChI=1S/C11H17NO2/c1-3-5-14-11-7-9(12)6-10(8-11)13-4-2/h6-8H,3-5,12H2,1-2H3. The molecule has 0 radical (unpaired) electrons. The van der Waals surface area contributed by atoms with E-state index < -0.39 is 0 Å². The predicted octanol–water partition coefficient (Wildman–Crippen LogP) is 2.46. The van der Waals surface area contributed by atoms with E-state index in [1.54, 1.807) is 12.1 Å². The second-order valence-electron chi connectivity index (χ2n) is 3.02. The molecule has 0 aromatic heterocycles. The molecule has 14 heavy (non-hydrogen) atoms. The Hall–Kier alpha value is -1.38. The Labute approximate surface area is 84.8 Å². The van der Waals surface area contributed by atoms with Crippen molar-refractivity contribution >= 4 is 5.69 Å². The molecule has 1 aromatic carbocycles. The van der Waals surface area contributed by atoms with Gasteiger partial charge in [0, 0.05) is 23.9 Å². The monoisotopic (exact) mass is 195 g/mol. The Balaban J connectivity index is 2.73. The maximum absolute atomic E-state index is 5.70. The first-order chi connectivity index (χ1) is 6.76. The largest absolute Gasteiger partial charge is 0.494 e. The normalized spacial score (nSPS) is 9.86. The van der Waals surface area contributed by atoms with Crippen molar-refractivity contribution in [3.05, 3.63) is 18.2 Å². The van der Waals surface area contributed by atoms with Gasteiger partial charge in [0.25, 0.3) is 0 Å². The molecule has 1 rings (SSSR count). The van der Waals surface area contributed by atoms with Crippen molar-refractivity contribution in [3.8, 4) is 11.5 Å². The Morgan fingerprint density at radius 2 is 1.71 bits per heavy atom. The lowest BCUT2D eigenvalue weighted by molar-refractivity contribution is 0.309. The van der Waals surface area contributed by atoms with Gasteiger partial charge in [-0.25, -0.2) is 0 Å². The fraction of sp³-hybridized carbons (Fsp3) is 0.455. The summed E-state index contributed by atoms with van der Waals surface area (Å²) in [5, 5.41) is 0. The molecule has 3 heteroatoms. The molecule has 0 saturated heterocycles. The number of hydrogen-bond donors (Lipinski definition) is 1. The van der Waals surface area contributed by atoms with E-state index in [1.165, 1.54) is 0 Å². The van der Waals surface area contributed by atoms with Crippen LogP contribution in [0.3, 0.4) is 0 Å². The summed E-state index contributed by atoms with van der Waals surface area (Å²) in [6.07, 6.45) is 0.985. The van der Waals surface area contributed by atoms with Crippen LogP contribution in [0.25, 0.3) is 0 Å². The van der Waals surface area contributed by atoms with Gasteiger partial charge in [-0.3, -0.25) is 0 Å². The maximum atomic E-state index is 5.70. The molecule has 0 aliphatic heterocycles. The molecule has 1 aromatic rings. The summed E-state index contributed by atoms with van der Waals surface area (Å²) in [5.41, 5.74) is 6.37. The van der Waals surface area contributed by atoms with Crippen LogP contribution in [0, 0.1) is 0 Å². The van der Waals surface area contributed by atoms with Crippen molar-refractivity contribution in [1.29, 1.82) is 0 Å². The minimum atomic E-state index is 0.636. The second kappa shape index (κ2) is 5.37. The first-order valence-electron chi connectivity index (χ1n) is 4.92. The van der Waals surface area contributed by atoms with Crippen LogP contribution in [0.15, 0.2) is 18.2 Å². The van der Waals surface area contributed by atoms with E-state index in [0.717, 1.165) is 17.9 Å². The first-order valence-corrected chi connectivity index (χ1v) is 4.92. The van der Waals surface area contributed by atoms with Crippen LogP contribution in [0.5, 0.6) is 11.5 Å². The van der Waals surface area contributed by atoms with E-state index in [-0.39, 0.29) is 0 Å². The number of nitrogens with two attached hydrogens (primary N) is 1. The highest BCUT2D eigenvalue weighted by Gasteiger charge is 1.99. The van der Waals surface area contributed by atoms with E-state index in [4.69, 9.17) is 15.2 Å². The van der Waals surface area contributed by atoms with Crippen molar-refractivity contribution in [2.75, 3.05) is 18.9 Å². The Morgan fingerprint density at radius 1 is 1.07 bits per heavy atom. The average Bonchev–Trinajstić information content (AvgIpc) is 2.14. The van der Waals surface area contributed by atoms with E-state index in [0.29, 0.717) is 18.9 Å². The van der Waals surface area contributed by atoms with Gasteiger partial charge in [-0.15, -0.1) is 0 Å². The summed E-state index contributed by atoms with van der Waals surface area (Å²) in [6.45, 7) is 5.34. The van der Waals surface area contributed by atoms with Crippen LogP contribution in [0.2, 0.25) is 0 Å². The summed E-state index contributed by atoms with van der Waals surface area (Å²) in [6, 6.07) is 5.45. The van der Waals surface area contributed by atoms with Gasteiger partial charge in [0.2, 0.25) is 0 Å². The van der Waals surface area contributed by atoms with Crippen molar-refractivity contribution in [1.82, 2.24) is 0 Å². The second-order valence-corrected chi connectivity index (χ2v) is 3.02. The van der Waals surface area contributed by atoms with Gasteiger partial charge in [0.05, 0.1) is 13.2 Å². The topological polar surface area (TPSA) is 44.5 Å². The highest BCUT2D eigenvalue weighted by Crippen LogP contribution is 2.24. The zero-order valence-corrected chi connectivity index (χ0v) is 8.75. The SMILES string of the molecule is CCCOc1cc(N)cc(OCC)c1. The zero-order chi connectivity index (χ0) is 10.4. The molecule has 3 nitrogen and oxygen atoms in total. The van der Waals surface area contributed by atoms with E-state index in [9.17, 15) is 0 Å². The zero-order valence-electron chi connectivity index (χ0n) is 8.75. The Kier molecular flexibility index (Phi) is 4.11. The van der Waals surface area contributed by atoms with E-state index >= 15 is 0 Å². The Morgan fingerprint density at radius 3 is 2.29 bits per heavy atom. The summed E-state index contributed by atoms with van der Waals surface area (Å²) in [5.74, 6) is 1.54. The molecule has 2 N–H and O–H groups in total. The molecule has 0 atom stereocenters. The van der Waals surface area contributed by atoms with Gasteiger partial charge in [0.15, 0.2) is 0 Å². The number of anilines is 1. The van der Waals surface area contributed by atoms with Crippen molar-refractivity contribution in [3.63, 3.8) is 0 Å². The summed E-state index contributed by atoms with van der Waals surface area (Å²) in [4.78, 5) is 0. The minimum absolute atomic E-state index is 0.636. The first kappa shape index (κ1) is 10.7. The highest BCUT2D eigenvalue weighted by atomic mass is 16.5. The van der Waals surface area contributed by atoms with Gasteiger partial charge in [-0.05, 0) is 13.3 Å². The smallest absolute Gasteiger partial charge is 0.125 e. The molecule has 0 amide bonds.